The molecule has 148 valence electrons. The highest BCUT2D eigenvalue weighted by molar-refractivity contribution is 7.99. The number of carbonyl (C=O) groups is 1. The van der Waals surface area contributed by atoms with Gasteiger partial charge in [-0.25, -0.2) is 0 Å². The van der Waals surface area contributed by atoms with Crippen molar-refractivity contribution in [1.29, 1.82) is 0 Å². The number of primary amides is 1. The summed E-state index contributed by atoms with van der Waals surface area (Å²) >= 11 is 1.56. The standard InChI is InChI=1S/C20H24N4O3S/c1-14-5-6-15(2)17(12-14)27-10-11-28-20-23-22-19(8-7-18(21)25)24(20)13-16-4-3-9-26-16/h3-6,9,12H,7-8,10-11,13H2,1-2H3,(H2,21,25). The fraction of sp³-hybridized carbons (Fsp3) is 0.350. The van der Waals surface area contributed by atoms with Crippen molar-refractivity contribution in [1.82, 2.24) is 14.8 Å². The second-order valence-corrected chi connectivity index (χ2v) is 7.56. The second-order valence-electron chi connectivity index (χ2n) is 6.50. The number of carbonyl (C=O) groups excluding carboxylic acids is 1. The minimum Gasteiger partial charge on any atom is -0.492 e. The molecule has 7 nitrogen and oxygen atoms in total. The van der Waals surface area contributed by atoms with Crippen LogP contribution in [0.4, 0.5) is 0 Å². The maximum atomic E-state index is 11.1. The fourth-order valence-electron chi connectivity index (χ4n) is 2.71. The van der Waals surface area contributed by atoms with Crippen molar-refractivity contribution in [3.05, 3.63) is 59.3 Å². The molecule has 1 aromatic carbocycles. The Morgan fingerprint density at radius 1 is 1.29 bits per heavy atom. The normalized spacial score (nSPS) is 10.9. The molecule has 0 unspecified atom stereocenters. The van der Waals surface area contributed by atoms with Crippen LogP contribution in [0.5, 0.6) is 5.75 Å². The number of benzene rings is 1. The van der Waals surface area contributed by atoms with Crippen LogP contribution in [0.2, 0.25) is 0 Å². The van der Waals surface area contributed by atoms with Crippen molar-refractivity contribution in [3.8, 4) is 5.75 Å². The summed E-state index contributed by atoms with van der Waals surface area (Å²) in [5.74, 6) is 2.78. The quantitative estimate of drug-likeness (QED) is 0.415. The molecule has 2 aromatic heterocycles. The number of hydrogen-bond donors (Lipinski definition) is 1. The molecule has 0 spiro atoms. The molecule has 1 amide bonds. The minimum absolute atomic E-state index is 0.233. The van der Waals surface area contributed by atoms with Crippen molar-refractivity contribution in [2.45, 2.75) is 38.4 Å². The zero-order valence-corrected chi connectivity index (χ0v) is 16.9. The van der Waals surface area contributed by atoms with Gasteiger partial charge in [0.05, 0.1) is 19.4 Å². The molecule has 3 aromatic rings. The van der Waals surface area contributed by atoms with E-state index < -0.39 is 0 Å². The summed E-state index contributed by atoms with van der Waals surface area (Å²) in [4.78, 5) is 11.1. The summed E-state index contributed by atoms with van der Waals surface area (Å²) in [6.07, 6.45) is 2.31. The molecular formula is C20H24N4O3S. The molecular weight excluding hydrogens is 376 g/mol. The highest BCUT2D eigenvalue weighted by atomic mass is 32.2. The van der Waals surface area contributed by atoms with Crippen molar-refractivity contribution < 1.29 is 13.9 Å². The van der Waals surface area contributed by atoms with Crippen LogP contribution < -0.4 is 10.5 Å². The molecule has 0 atom stereocenters. The second kappa shape index (κ2) is 9.45. The van der Waals surface area contributed by atoms with E-state index in [0.29, 0.717) is 25.4 Å². The molecule has 0 radical (unpaired) electrons. The molecule has 2 N–H and O–H groups in total. The van der Waals surface area contributed by atoms with Gasteiger partial charge in [0, 0.05) is 18.6 Å². The lowest BCUT2D eigenvalue weighted by Crippen LogP contribution is -2.14. The van der Waals surface area contributed by atoms with Crippen LogP contribution in [0.15, 0.2) is 46.2 Å². The third kappa shape index (κ3) is 5.39. The molecule has 3 rings (SSSR count). The number of furan rings is 1. The van der Waals surface area contributed by atoms with Crippen molar-refractivity contribution in [3.63, 3.8) is 0 Å². The maximum Gasteiger partial charge on any atom is 0.217 e. The number of nitrogens with zero attached hydrogens (tertiary/aromatic N) is 3. The Morgan fingerprint density at radius 3 is 2.89 bits per heavy atom. The first-order valence-corrected chi connectivity index (χ1v) is 10.1. The van der Waals surface area contributed by atoms with Crippen molar-refractivity contribution >= 4 is 17.7 Å². The van der Waals surface area contributed by atoms with E-state index in [2.05, 4.69) is 22.3 Å². The monoisotopic (exact) mass is 400 g/mol. The molecule has 0 saturated carbocycles. The summed E-state index contributed by atoms with van der Waals surface area (Å²) in [7, 11) is 0. The van der Waals surface area contributed by atoms with Crippen LogP contribution in [0.3, 0.4) is 0 Å². The fourth-order valence-corrected chi connectivity index (χ4v) is 3.48. The Bertz CT molecular complexity index is 922. The lowest BCUT2D eigenvalue weighted by Gasteiger charge is -2.11. The number of aryl methyl sites for hydroxylation is 3. The molecule has 0 aliphatic heterocycles. The van der Waals surface area contributed by atoms with Gasteiger partial charge < -0.3 is 14.9 Å². The molecule has 0 aliphatic rings. The van der Waals surface area contributed by atoms with E-state index in [1.54, 1.807) is 18.0 Å². The summed E-state index contributed by atoms with van der Waals surface area (Å²) in [6.45, 7) is 5.14. The minimum atomic E-state index is -0.358. The highest BCUT2D eigenvalue weighted by Gasteiger charge is 2.15. The number of nitrogens with two attached hydrogens (primary N) is 1. The zero-order valence-electron chi connectivity index (χ0n) is 16.1. The Kier molecular flexibility index (Phi) is 6.76. The molecule has 2 heterocycles. The van der Waals surface area contributed by atoms with Gasteiger partial charge in [0.25, 0.3) is 0 Å². The van der Waals surface area contributed by atoms with Gasteiger partial charge >= 0.3 is 0 Å². The van der Waals surface area contributed by atoms with E-state index in [4.69, 9.17) is 14.9 Å². The number of hydrogen-bond acceptors (Lipinski definition) is 6. The van der Waals surface area contributed by atoms with Crippen LogP contribution in [-0.2, 0) is 17.8 Å². The average molecular weight is 401 g/mol. The third-order valence-corrected chi connectivity index (χ3v) is 5.13. The number of ether oxygens (including phenoxy) is 1. The molecule has 0 saturated heterocycles. The van der Waals surface area contributed by atoms with Gasteiger partial charge in [-0.2, -0.15) is 0 Å². The Labute approximate surface area is 168 Å². The summed E-state index contributed by atoms with van der Waals surface area (Å²) < 4.78 is 13.3. The van der Waals surface area contributed by atoms with Gasteiger partial charge in [0.15, 0.2) is 5.16 Å². The summed E-state index contributed by atoms with van der Waals surface area (Å²) in [5, 5.41) is 9.27. The van der Waals surface area contributed by atoms with E-state index in [1.165, 1.54) is 5.56 Å². The van der Waals surface area contributed by atoms with Gasteiger partial charge in [0.2, 0.25) is 5.91 Å². The third-order valence-electron chi connectivity index (χ3n) is 4.20. The van der Waals surface area contributed by atoms with Crippen LogP contribution in [-0.4, -0.2) is 33.0 Å². The van der Waals surface area contributed by atoms with E-state index >= 15 is 0 Å². The van der Waals surface area contributed by atoms with Crippen LogP contribution in [0.1, 0.15) is 29.1 Å². The average Bonchev–Trinajstić information content (AvgIpc) is 3.30. The van der Waals surface area contributed by atoms with Gasteiger partial charge in [-0.1, -0.05) is 23.9 Å². The van der Waals surface area contributed by atoms with Crippen LogP contribution in [0, 0.1) is 13.8 Å². The predicted octanol–water partition coefficient (Wildman–Crippen LogP) is 3.13. The maximum absolute atomic E-state index is 11.1. The first-order chi connectivity index (χ1) is 13.5. The summed E-state index contributed by atoms with van der Waals surface area (Å²) in [6, 6.07) is 9.91. The van der Waals surface area contributed by atoms with Gasteiger partial charge in [-0.05, 0) is 43.2 Å². The molecule has 0 fully saturated rings. The molecule has 0 bridgehead atoms. The van der Waals surface area contributed by atoms with Crippen LogP contribution >= 0.6 is 11.8 Å². The smallest absolute Gasteiger partial charge is 0.217 e. The number of amides is 1. The van der Waals surface area contributed by atoms with E-state index in [9.17, 15) is 4.79 Å². The van der Waals surface area contributed by atoms with E-state index in [0.717, 1.165) is 28.0 Å². The Balaban J connectivity index is 1.63. The predicted molar refractivity (Wildman–Crippen MR) is 107 cm³/mol. The Morgan fingerprint density at radius 2 is 2.14 bits per heavy atom. The number of rotatable bonds is 10. The van der Waals surface area contributed by atoms with Gasteiger partial charge in [-0.3, -0.25) is 9.36 Å². The van der Waals surface area contributed by atoms with E-state index in [1.807, 2.05) is 36.6 Å². The molecule has 8 heteroatoms. The lowest BCUT2D eigenvalue weighted by atomic mass is 10.1. The first kappa shape index (κ1) is 20.0. The number of aromatic nitrogens is 3. The zero-order chi connectivity index (χ0) is 19.9. The molecule has 28 heavy (non-hydrogen) atoms. The number of thioether (sulfide) groups is 1. The Hall–Kier alpha value is -2.74. The molecule has 0 aliphatic carbocycles. The van der Waals surface area contributed by atoms with Gasteiger partial charge in [0.1, 0.15) is 17.3 Å². The van der Waals surface area contributed by atoms with Crippen LogP contribution in [0.25, 0.3) is 0 Å². The van der Waals surface area contributed by atoms with Crippen molar-refractivity contribution in [2.24, 2.45) is 5.73 Å². The largest absolute Gasteiger partial charge is 0.492 e. The lowest BCUT2D eigenvalue weighted by molar-refractivity contribution is -0.118. The highest BCUT2D eigenvalue weighted by Crippen LogP contribution is 2.22. The first-order valence-electron chi connectivity index (χ1n) is 9.08. The summed E-state index contributed by atoms with van der Waals surface area (Å²) in [5.41, 5.74) is 7.56. The van der Waals surface area contributed by atoms with Gasteiger partial charge in [-0.15, -0.1) is 10.2 Å². The van der Waals surface area contributed by atoms with Crippen molar-refractivity contribution in [2.75, 3.05) is 12.4 Å². The topological polar surface area (TPSA) is 96.2 Å². The SMILES string of the molecule is Cc1ccc(C)c(OCCSc2nnc(CCC(N)=O)n2Cc2ccco2)c1. The van der Waals surface area contributed by atoms with E-state index in [-0.39, 0.29) is 12.3 Å².